The Morgan fingerprint density at radius 3 is 1.58 bits per heavy atom. The third-order valence-corrected chi connectivity index (χ3v) is 5.29. The second-order valence-corrected chi connectivity index (χ2v) is 7.94. The molecule has 1 aromatic rings. The standard InChI is InChI=1S/C23H43N/c1-4-5-6-7-8-9-10-11-12-13-14-15-16-17-18-22-19-24-20-23(22)21(2)3/h19-21,24H,4-18H2,1-3H3. The van der Waals surface area contributed by atoms with E-state index in [4.69, 9.17) is 0 Å². The van der Waals surface area contributed by atoms with Crippen molar-refractivity contribution in [1.29, 1.82) is 0 Å². The fraction of sp³-hybridized carbons (Fsp3) is 0.826. The molecule has 0 atom stereocenters. The minimum absolute atomic E-state index is 0.651. The maximum absolute atomic E-state index is 3.28. The summed E-state index contributed by atoms with van der Waals surface area (Å²) in [6.45, 7) is 6.87. The van der Waals surface area contributed by atoms with Gasteiger partial charge in [-0.25, -0.2) is 0 Å². The second-order valence-electron chi connectivity index (χ2n) is 7.94. The van der Waals surface area contributed by atoms with Gasteiger partial charge in [-0.2, -0.15) is 0 Å². The fourth-order valence-corrected chi connectivity index (χ4v) is 3.67. The van der Waals surface area contributed by atoms with E-state index in [1.165, 1.54) is 102 Å². The summed E-state index contributed by atoms with van der Waals surface area (Å²) in [5, 5.41) is 0. The summed E-state index contributed by atoms with van der Waals surface area (Å²) in [7, 11) is 0. The monoisotopic (exact) mass is 333 g/mol. The first kappa shape index (κ1) is 21.3. The SMILES string of the molecule is CCCCCCCCCCCCCCCCc1c[nH]cc1C(C)C. The third kappa shape index (κ3) is 10.2. The van der Waals surface area contributed by atoms with Crippen LogP contribution in [0.25, 0.3) is 0 Å². The van der Waals surface area contributed by atoms with Gasteiger partial charge in [0.15, 0.2) is 0 Å². The minimum atomic E-state index is 0.651. The van der Waals surface area contributed by atoms with E-state index in [1.807, 2.05) is 0 Å². The topological polar surface area (TPSA) is 15.8 Å². The van der Waals surface area contributed by atoms with Crippen molar-refractivity contribution in [3.05, 3.63) is 23.5 Å². The summed E-state index contributed by atoms with van der Waals surface area (Å²) >= 11 is 0. The molecule has 0 aliphatic rings. The van der Waals surface area contributed by atoms with E-state index in [0.717, 1.165) is 0 Å². The van der Waals surface area contributed by atoms with Gasteiger partial charge >= 0.3 is 0 Å². The molecule has 1 aromatic heterocycles. The third-order valence-electron chi connectivity index (χ3n) is 5.29. The normalized spacial score (nSPS) is 11.5. The first-order chi connectivity index (χ1) is 11.8. The molecule has 0 radical (unpaired) electrons. The summed E-state index contributed by atoms with van der Waals surface area (Å²) in [6.07, 6.45) is 25.8. The van der Waals surface area contributed by atoms with Crippen LogP contribution >= 0.6 is 0 Å². The maximum Gasteiger partial charge on any atom is 0.00428 e. The Hall–Kier alpha value is -0.720. The summed E-state index contributed by atoms with van der Waals surface area (Å²) in [5.74, 6) is 0.651. The largest absolute Gasteiger partial charge is 0.367 e. The van der Waals surface area contributed by atoms with Gasteiger partial charge in [-0.3, -0.25) is 0 Å². The number of H-pyrrole nitrogens is 1. The molecule has 24 heavy (non-hydrogen) atoms. The van der Waals surface area contributed by atoms with Crippen molar-refractivity contribution in [3.8, 4) is 0 Å². The number of aryl methyl sites for hydroxylation is 1. The molecule has 0 bridgehead atoms. The molecule has 1 N–H and O–H groups in total. The number of nitrogens with one attached hydrogen (secondary N) is 1. The van der Waals surface area contributed by atoms with Crippen LogP contribution in [-0.2, 0) is 6.42 Å². The molecule has 1 rings (SSSR count). The van der Waals surface area contributed by atoms with Gasteiger partial charge in [-0.1, -0.05) is 104 Å². The van der Waals surface area contributed by atoms with Gasteiger partial charge in [0.2, 0.25) is 0 Å². The zero-order chi connectivity index (χ0) is 17.5. The van der Waals surface area contributed by atoms with E-state index in [0.29, 0.717) is 5.92 Å². The molecule has 0 spiro atoms. The molecule has 1 heteroatoms. The number of hydrogen-bond donors (Lipinski definition) is 1. The predicted octanol–water partition coefficient (Wildman–Crippen LogP) is 8.16. The summed E-state index contributed by atoms with van der Waals surface area (Å²) in [5.41, 5.74) is 3.06. The van der Waals surface area contributed by atoms with Gasteiger partial charge < -0.3 is 4.98 Å². The van der Waals surface area contributed by atoms with Crippen LogP contribution < -0.4 is 0 Å². The van der Waals surface area contributed by atoms with Crippen LogP contribution in [0.3, 0.4) is 0 Å². The van der Waals surface area contributed by atoms with Crippen molar-refractivity contribution < 1.29 is 0 Å². The molecule has 140 valence electrons. The van der Waals surface area contributed by atoms with Crippen LogP contribution in [0.2, 0.25) is 0 Å². The number of aromatic amines is 1. The lowest BCUT2D eigenvalue weighted by molar-refractivity contribution is 0.535. The van der Waals surface area contributed by atoms with Gasteiger partial charge in [0, 0.05) is 12.4 Å². The number of rotatable bonds is 16. The zero-order valence-corrected chi connectivity index (χ0v) is 16.8. The highest BCUT2D eigenvalue weighted by atomic mass is 14.6. The first-order valence-corrected chi connectivity index (χ1v) is 10.9. The quantitative estimate of drug-likeness (QED) is 0.294. The van der Waals surface area contributed by atoms with Crippen LogP contribution in [0.15, 0.2) is 12.4 Å². The van der Waals surface area contributed by atoms with Crippen LogP contribution in [-0.4, -0.2) is 4.98 Å². The summed E-state index contributed by atoms with van der Waals surface area (Å²) in [4.78, 5) is 3.28. The van der Waals surface area contributed by atoms with Gasteiger partial charge in [-0.15, -0.1) is 0 Å². The van der Waals surface area contributed by atoms with Crippen LogP contribution in [0, 0.1) is 0 Å². The molecule has 0 aromatic carbocycles. The van der Waals surface area contributed by atoms with E-state index < -0.39 is 0 Å². The average molecular weight is 334 g/mol. The van der Waals surface area contributed by atoms with Crippen molar-refractivity contribution in [2.24, 2.45) is 0 Å². The Labute approximate surface area is 152 Å². The Kier molecular flexibility index (Phi) is 13.0. The molecule has 0 aliphatic carbocycles. The number of hydrogen-bond acceptors (Lipinski definition) is 0. The van der Waals surface area contributed by atoms with Crippen molar-refractivity contribution >= 4 is 0 Å². The van der Waals surface area contributed by atoms with Gasteiger partial charge in [0.05, 0.1) is 0 Å². The highest BCUT2D eigenvalue weighted by Crippen LogP contribution is 2.21. The average Bonchev–Trinajstić information content (AvgIpc) is 3.04. The van der Waals surface area contributed by atoms with Crippen LogP contribution in [0.5, 0.6) is 0 Å². The zero-order valence-electron chi connectivity index (χ0n) is 16.8. The molecule has 0 unspecified atom stereocenters. The van der Waals surface area contributed by atoms with Crippen molar-refractivity contribution in [2.75, 3.05) is 0 Å². The van der Waals surface area contributed by atoms with Crippen LogP contribution in [0.1, 0.15) is 128 Å². The minimum Gasteiger partial charge on any atom is -0.367 e. The van der Waals surface area contributed by atoms with Crippen molar-refractivity contribution in [3.63, 3.8) is 0 Å². The van der Waals surface area contributed by atoms with E-state index in [9.17, 15) is 0 Å². The smallest absolute Gasteiger partial charge is 0.00428 e. The molecule has 0 fully saturated rings. The van der Waals surface area contributed by atoms with Crippen molar-refractivity contribution in [1.82, 2.24) is 4.98 Å². The number of unbranched alkanes of at least 4 members (excludes halogenated alkanes) is 13. The highest BCUT2D eigenvalue weighted by Gasteiger charge is 2.06. The van der Waals surface area contributed by atoms with E-state index >= 15 is 0 Å². The molecule has 0 saturated heterocycles. The fourth-order valence-electron chi connectivity index (χ4n) is 3.67. The Morgan fingerprint density at radius 2 is 1.12 bits per heavy atom. The molecule has 0 saturated carbocycles. The van der Waals surface area contributed by atoms with Gasteiger partial charge in [0.1, 0.15) is 0 Å². The molecule has 0 aliphatic heterocycles. The van der Waals surface area contributed by atoms with Gasteiger partial charge in [-0.05, 0) is 29.9 Å². The highest BCUT2D eigenvalue weighted by molar-refractivity contribution is 5.26. The van der Waals surface area contributed by atoms with E-state index in [1.54, 1.807) is 5.56 Å². The Balaban J connectivity index is 1.83. The Bertz CT molecular complexity index is 377. The number of aromatic nitrogens is 1. The lowest BCUT2D eigenvalue weighted by atomic mass is 9.98. The molecular formula is C23H43N. The molecular weight excluding hydrogens is 290 g/mol. The van der Waals surface area contributed by atoms with Gasteiger partial charge in [0.25, 0.3) is 0 Å². The van der Waals surface area contributed by atoms with Crippen molar-refractivity contribution in [2.45, 2.75) is 123 Å². The van der Waals surface area contributed by atoms with E-state index in [-0.39, 0.29) is 0 Å². The Morgan fingerprint density at radius 1 is 0.667 bits per heavy atom. The molecule has 0 amide bonds. The maximum atomic E-state index is 3.28. The summed E-state index contributed by atoms with van der Waals surface area (Å²) in [6, 6.07) is 0. The summed E-state index contributed by atoms with van der Waals surface area (Å²) < 4.78 is 0. The first-order valence-electron chi connectivity index (χ1n) is 10.9. The van der Waals surface area contributed by atoms with Crippen LogP contribution in [0.4, 0.5) is 0 Å². The lowest BCUT2D eigenvalue weighted by Gasteiger charge is -2.07. The second kappa shape index (κ2) is 14.6. The van der Waals surface area contributed by atoms with E-state index in [2.05, 4.69) is 38.1 Å². The molecule has 1 heterocycles. The lowest BCUT2D eigenvalue weighted by Crippen LogP contribution is -1.92. The molecule has 1 nitrogen and oxygen atoms in total. The predicted molar refractivity (Wildman–Crippen MR) is 109 cm³/mol.